The summed E-state index contributed by atoms with van der Waals surface area (Å²) in [4.78, 5) is 6.64. The number of nitrogens with one attached hydrogen (secondary N) is 1. The van der Waals surface area contributed by atoms with Gasteiger partial charge in [-0.15, -0.1) is 0 Å². The second-order valence-electron chi connectivity index (χ2n) is 3.92. The van der Waals surface area contributed by atoms with Crippen molar-refractivity contribution in [3.63, 3.8) is 0 Å². The van der Waals surface area contributed by atoms with E-state index in [9.17, 15) is 0 Å². The highest BCUT2D eigenvalue weighted by Gasteiger charge is 2.13. The molecule has 0 aromatic heterocycles. The molecule has 1 heterocycles. The monoisotopic (exact) mass is 189 g/mol. The molecule has 0 spiro atoms. The average Bonchev–Trinajstić information content (AvgIpc) is 1.91. The molecule has 0 aromatic carbocycles. The highest BCUT2D eigenvalue weighted by Crippen LogP contribution is 2.28. The lowest BCUT2D eigenvalue weighted by molar-refractivity contribution is 0.457. The molecule has 0 aliphatic carbocycles. The third kappa shape index (κ3) is 2.93. The highest BCUT2D eigenvalue weighted by atomic mass is 32.3. The van der Waals surface area contributed by atoms with Crippen molar-refractivity contribution >= 4 is 16.2 Å². The summed E-state index contributed by atoms with van der Waals surface area (Å²) >= 11 is 0. The van der Waals surface area contributed by atoms with Gasteiger partial charge in [0.1, 0.15) is 0 Å². The second kappa shape index (κ2) is 3.56. The van der Waals surface area contributed by atoms with E-state index in [2.05, 4.69) is 40.4 Å². The molecule has 72 valence electrons. The topological polar surface area (TPSA) is 27.6 Å². The zero-order chi connectivity index (χ0) is 9.19. The lowest BCUT2D eigenvalue weighted by Crippen LogP contribution is -2.42. The first-order valence-corrected chi connectivity index (χ1v) is 7.06. The Kier molecular flexibility index (Phi) is 2.88. The molecule has 1 N–H and O–H groups in total. The number of hydrogen-bond acceptors (Lipinski definition) is 3. The van der Waals surface area contributed by atoms with E-state index in [-0.39, 0.29) is 0 Å². The number of rotatable bonds is 1. The maximum absolute atomic E-state index is 4.45. The van der Waals surface area contributed by atoms with Gasteiger partial charge in [0.2, 0.25) is 5.96 Å². The van der Waals surface area contributed by atoms with E-state index in [1.165, 1.54) is 6.42 Å². The van der Waals surface area contributed by atoms with Crippen LogP contribution in [0.3, 0.4) is 0 Å². The zero-order valence-corrected chi connectivity index (χ0v) is 9.24. The molecule has 0 unspecified atom stereocenters. The Labute approximate surface area is 76.7 Å². The summed E-state index contributed by atoms with van der Waals surface area (Å²) in [6.45, 7) is 2.10. The van der Waals surface area contributed by atoms with Crippen molar-refractivity contribution in [3.05, 3.63) is 0 Å². The molecule has 1 aliphatic heterocycles. The highest BCUT2D eigenvalue weighted by molar-refractivity contribution is 8.30. The number of hydrogen-bond donors (Lipinski definition) is 1. The third-order valence-corrected chi connectivity index (χ3v) is 2.47. The van der Waals surface area contributed by atoms with E-state index in [0.29, 0.717) is 0 Å². The van der Waals surface area contributed by atoms with Gasteiger partial charge in [-0.2, -0.15) is 10.2 Å². The van der Waals surface area contributed by atoms with E-state index < -0.39 is 10.2 Å². The molecule has 1 rings (SSSR count). The molecular weight excluding hydrogens is 170 g/mol. The first-order valence-electron chi connectivity index (χ1n) is 4.21. The number of nitrogens with zero attached hydrogens (tertiary/aromatic N) is 2. The number of aliphatic imine (C=N–C) groups is 1. The van der Waals surface area contributed by atoms with Crippen LogP contribution < -0.4 is 4.72 Å². The van der Waals surface area contributed by atoms with E-state index in [4.69, 9.17) is 0 Å². The van der Waals surface area contributed by atoms with Crippen molar-refractivity contribution in [1.82, 2.24) is 9.62 Å². The van der Waals surface area contributed by atoms with Crippen LogP contribution in [0.4, 0.5) is 0 Å². The summed E-state index contributed by atoms with van der Waals surface area (Å²) < 4.78 is 3.47. The van der Waals surface area contributed by atoms with Crippen molar-refractivity contribution in [3.8, 4) is 0 Å². The second-order valence-corrected chi connectivity index (χ2v) is 7.80. The molecule has 4 heteroatoms. The zero-order valence-electron chi connectivity index (χ0n) is 8.42. The van der Waals surface area contributed by atoms with Gasteiger partial charge in [-0.3, -0.25) is 4.99 Å². The lowest BCUT2D eigenvalue weighted by Gasteiger charge is -2.34. The van der Waals surface area contributed by atoms with Crippen LogP contribution in [0.5, 0.6) is 0 Å². The van der Waals surface area contributed by atoms with Crippen LogP contribution in [0, 0.1) is 0 Å². The fourth-order valence-electron chi connectivity index (χ4n) is 1.10. The maximum atomic E-state index is 4.45. The molecule has 3 nitrogen and oxygen atoms in total. The normalized spacial score (nSPS) is 20.3. The molecule has 0 saturated heterocycles. The van der Waals surface area contributed by atoms with Crippen LogP contribution in [0.15, 0.2) is 4.99 Å². The molecule has 0 fully saturated rings. The van der Waals surface area contributed by atoms with Gasteiger partial charge in [0, 0.05) is 20.1 Å². The van der Waals surface area contributed by atoms with Crippen LogP contribution in [-0.4, -0.2) is 49.8 Å². The third-order valence-electron chi connectivity index (χ3n) is 1.67. The molecule has 0 aromatic rings. The van der Waals surface area contributed by atoms with Crippen molar-refractivity contribution in [2.45, 2.75) is 6.42 Å². The Morgan fingerprint density at radius 3 is 2.58 bits per heavy atom. The molecule has 0 saturated carbocycles. The van der Waals surface area contributed by atoms with Crippen LogP contribution >= 0.6 is 10.2 Å². The summed E-state index contributed by atoms with van der Waals surface area (Å²) in [6.07, 6.45) is 7.88. The van der Waals surface area contributed by atoms with Gasteiger partial charge in [0.25, 0.3) is 0 Å². The minimum absolute atomic E-state index is 0.679. The Balaban J connectivity index is 2.55. The minimum Gasteiger partial charge on any atom is -0.345 e. The van der Waals surface area contributed by atoms with Crippen LogP contribution in [-0.2, 0) is 0 Å². The van der Waals surface area contributed by atoms with Gasteiger partial charge < -0.3 is 9.62 Å². The first kappa shape index (κ1) is 9.71. The lowest BCUT2D eigenvalue weighted by atomic mass is 10.4. The maximum Gasteiger partial charge on any atom is 0.202 e. The predicted molar refractivity (Wildman–Crippen MR) is 58.0 cm³/mol. The molecule has 1 aliphatic rings. The molecule has 0 amide bonds. The Morgan fingerprint density at radius 2 is 2.08 bits per heavy atom. The van der Waals surface area contributed by atoms with Gasteiger partial charge in [-0.1, -0.05) is 0 Å². The molecule has 12 heavy (non-hydrogen) atoms. The predicted octanol–water partition coefficient (Wildman–Crippen LogP) is 0.877. The largest absolute Gasteiger partial charge is 0.345 e. The van der Waals surface area contributed by atoms with E-state index in [0.717, 1.165) is 19.0 Å². The number of guanidine groups is 1. The molecule has 0 bridgehead atoms. The average molecular weight is 189 g/mol. The van der Waals surface area contributed by atoms with E-state index in [1.54, 1.807) is 0 Å². The summed E-state index contributed by atoms with van der Waals surface area (Å²) in [6, 6.07) is 0. The summed E-state index contributed by atoms with van der Waals surface area (Å²) in [5.74, 6) is 1.07. The van der Waals surface area contributed by atoms with Crippen LogP contribution in [0.1, 0.15) is 6.42 Å². The van der Waals surface area contributed by atoms with E-state index >= 15 is 0 Å². The van der Waals surface area contributed by atoms with Gasteiger partial charge in [0.05, 0.1) is 0 Å². The standard InChI is InChI=1S/C8H19N3S/c1-11-7-5-6-9-8(11)10-12(2,3)4/h5-7H2,1-4H3,(H,9,10). The fraction of sp³-hybridized carbons (Fsp3) is 0.875. The SMILES string of the molecule is CN1CCCN=C1NS(C)(C)C. The Hall–Kier alpha value is -0.380. The summed E-state index contributed by atoms with van der Waals surface area (Å²) in [5.41, 5.74) is 0. The van der Waals surface area contributed by atoms with E-state index in [1.807, 2.05) is 0 Å². The fourth-order valence-corrected chi connectivity index (χ4v) is 1.87. The van der Waals surface area contributed by atoms with Crippen molar-refractivity contribution in [2.75, 3.05) is 38.9 Å². The smallest absolute Gasteiger partial charge is 0.202 e. The summed E-state index contributed by atoms with van der Waals surface area (Å²) in [5, 5.41) is 0. The van der Waals surface area contributed by atoms with Crippen molar-refractivity contribution in [1.29, 1.82) is 0 Å². The van der Waals surface area contributed by atoms with Gasteiger partial charge in [-0.05, 0) is 25.2 Å². The van der Waals surface area contributed by atoms with Gasteiger partial charge in [0.15, 0.2) is 0 Å². The van der Waals surface area contributed by atoms with Crippen LogP contribution in [0.2, 0.25) is 0 Å². The first-order chi connectivity index (χ1) is 5.49. The Bertz CT molecular complexity index is 183. The molecule has 0 radical (unpaired) electrons. The molecule has 0 atom stereocenters. The Morgan fingerprint density at radius 1 is 1.42 bits per heavy atom. The van der Waals surface area contributed by atoms with Crippen LogP contribution in [0.25, 0.3) is 0 Å². The van der Waals surface area contributed by atoms with Gasteiger partial charge in [-0.25, -0.2) is 0 Å². The van der Waals surface area contributed by atoms with Crippen molar-refractivity contribution < 1.29 is 0 Å². The molecular formula is C8H19N3S. The van der Waals surface area contributed by atoms with Crippen molar-refractivity contribution in [2.24, 2.45) is 4.99 Å². The summed E-state index contributed by atoms with van der Waals surface area (Å²) in [7, 11) is 1.41. The van der Waals surface area contributed by atoms with Gasteiger partial charge >= 0.3 is 0 Å². The quantitative estimate of drug-likeness (QED) is 0.663. The minimum atomic E-state index is -0.679.